The SMILES string of the molecule is CCc1cc(=O)n2nc(Cl)ccc2n1. The van der Waals surface area contributed by atoms with E-state index in [4.69, 9.17) is 11.6 Å². The first-order valence-corrected chi connectivity index (χ1v) is 4.64. The van der Waals surface area contributed by atoms with Crippen molar-refractivity contribution in [3.8, 4) is 0 Å². The van der Waals surface area contributed by atoms with Crippen LogP contribution in [0.25, 0.3) is 5.65 Å². The third kappa shape index (κ3) is 1.48. The Kier molecular flexibility index (Phi) is 2.21. The van der Waals surface area contributed by atoms with E-state index in [9.17, 15) is 4.79 Å². The molecule has 0 saturated heterocycles. The summed E-state index contributed by atoms with van der Waals surface area (Å²) in [7, 11) is 0. The van der Waals surface area contributed by atoms with Crippen molar-refractivity contribution < 1.29 is 0 Å². The first-order valence-electron chi connectivity index (χ1n) is 4.26. The van der Waals surface area contributed by atoms with Crippen LogP contribution in [0.1, 0.15) is 12.6 Å². The van der Waals surface area contributed by atoms with Gasteiger partial charge in [-0.1, -0.05) is 18.5 Å². The summed E-state index contributed by atoms with van der Waals surface area (Å²) in [5.74, 6) is 0. The lowest BCUT2D eigenvalue weighted by atomic mass is 10.3. The van der Waals surface area contributed by atoms with Crippen molar-refractivity contribution in [1.82, 2.24) is 14.6 Å². The molecule has 14 heavy (non-hydrogen) atoms. The highest BCUT2D eigenvalue weighted by atomic mass is 35.5. The zero-order chi connectivity index (χ0) is 10.1. The van der Waals surface area contributed by atoms with Gasteiger partial charge in [0.2, 0.25) is 0 Å². The molecule has 0 aliphatic rings. The average Bonchev–Trinajstić information content (AvgIpc) is 2.19. The molecule has 0 radical (unpaired) electrons. The van der Waals surface area contributed by atoms with Gasteiger partial charge in [-0.05, 0) is 18.6 Å². The normalized spacial score (nSPS) is 10.7. The zero-order valence-corrected chi connectivity index (χ0v) is 8.32. The first kappa shape index (κ1) is 9.15. The minimum atomic E-state index is -0.200. The molecular weight excluding hydrogens is 202 g/mol. The smallest absolute Gasteiger partial charge is 0.267 e. The topological polar surface area (TPSA) is 47.3 Å². The van der Waals surface area contributed by atoms with Crippen LogP contribution >= 0.6 is 11.6 Å². The summed E-state index contributed by atoms with van der Waals surface area (Å²) in [6, 6.07) is 4.76. The Morgan fingerprint density at radius 3 is 3.00 bits per heavy atom. The van der Waals surface area contributed by atoms with E-state index in [1.807, 2.05) is 6.92 Å². The summed E-state index contributed by atoms with van der Waals surface area (Å²) in [6.45, 7) is 1.95. The van der Waals surface area contributed by atoms with Crippen LogP contribution in [0.4, 0.5) is 0 Å². The predicted octanol–water partition coefficient (Wildman–Crippen LogP) is 1.31. The Hall–Kier alpha value is -1.42. The molecule has 2 rings (SSSR count). The van der Waals surface area contributed by atoms with Crippen molar-refractivity contribution >= 4 is 17.2 Å². The van der Waals surface area contributed by atoms with E-state index in [1.165, 1.54) is 10.6 Å². The van der Waals surface area contributed by atoms with Crippen LogP contribution in [0.2, 0.25) is 5.15 Å². The number of hydrogen-bond acceptors (Lipinski definition) is 3. The van der Waals surface area contributed by atoms with Gasteiger partial charge in [0.25, 0.3) is 5.56 Å². The van der Waals surface area contributed by atoms with Crippen LogP contribution in [0, 0.1) is 0 Å². The predicted molar refractivity (Wildman–Crippen MR) is 53.6 cm³/mol. The number of aryl methyl sites for hydroxylation is 1. The molecule has 0 amide bonds. The molecule has 5 heteroatoms. The molecule has 0 N–H and O–H groups in total. The Bertz CT molecular complexity index is 535. The summed E-state index contributed by atoms with van der Waals surface area (Å²) >= 11 is 5.67. The maximum atomic E-state index is 11.5. The summed E-state index contributed by atoms with van der Waals surface area (Å²) in [4.78, 5) is 15.7. The molecule has 72 valence electrons. The number of nitrogens with zero attached hydrogens (tertiary/aromatic N) is 3. The van der Waals surface area contributed by atoms with Gasteiger partial charge >= 0.3 is 0 Å². The van der Waals surface area contributed by atoms with Gasteiger partial charge in [-0.3, -0.25) is 4.79 Å². The first-order chi connectivity index (χ1) is 6.70. The Morgan fingerprint density at radius 1 is 1.50 bits per heavy atom. The van der Waals surface area contributed by atoms with Crippen LogP contribution < -0.4 is 5.56 Å². The lowest BCUT2D eigenvalue weighted by molar-refractivity contribution is 0.847. The third-order valence-corrected chi connectivity index (χ3v) is 2.10. The second kappa shape index (κ2) is 3.38. The Labute approximate surface area is 85.2 Å². The molecular formula is C9H8ClN3O. The van der Waals surface area contributed by atoms with E-state index in [0.717, 1.165) is 12.1 Å². The summed E-state index contributed by atoms with van der Waals surface area (Å²) in [5.41, 5.74) is 1.09. The van der Waals surface area contributed by atoms with Crippen molar-refractivity contribution in [1.29, 1.82) is 0 Å². The largest absolute Gasteiger partial charge is 0.274 e. The highest BCUT2D eigenvalue weighted by Crippen LogP contribution is 2.04. The van der Waals surface area contributed by atoms with Gasteiger partial charge in [0.1, 0.15) is 5.15 Å². The molecule has 0 saturated carbocycles. The maximum Gasteiger partial charge on any atom is 0.274 e. The van der Waals surface area contributed by atoms with Gasteiger partial charge in [0.05, 0.1) is 0 Å². The molecule has 2 aromatic heterocycles. The molecule has 0 aliphatic carbocycles. The summed E-state index contributed by atoms with van der Waals surface area (Å²) < 4.78 is 1.20. The van der Waals surface area contributed by atoms with Gasteiger partial charge in [-0.15, -0.1) is 0 Å². The fourth-order valence-electron chi connectivity index (χ4n) is 1.21. The highest BCUT2D eigenvalue weighted by molar-refractivity contribution is 6.29. The average molecular weight is 210 g/mol. The number of fused-ring (bicyclic) bond motifs is 1. The van der Waals surface area contributed by atoms with E-state index in [1.54, 1.807) is 12.1 Å². The van der Waals surface area contributed by atoms with Gasteiger partial charge < -0.3 is 0 Å². The van der Waals surface area contributed by atoms with Crippen molar-refractivity contribution in [3.63, 3.8) is 0 Å². The number of aromatic nitrogens is 3. The molecule has 0 bridgehead atoms. The Morgan fingerprint density at radius 2 is 2.29 bits per heavy atom. The molecule has 0 fully saturated rings. The third-order valence-electron chi connectivity index (χ3n) is 1.90. The van der Waals surface area contributed by atoms with Gasteiger partial charge in [-0.25, -0.2) is 4.98 Å². The monoisotopic (exact) mass is 209 g/mol. The summed E-state index contributed by atoms with van der Waals surface area (Å²) in [5, 5.41) is 4.14. The van der Waals surface area contributed by atoms with Crippen LogP contribution in [-0.2, 0) is 6.42 Å². The standard InChI is InChI=1S/C9H8ClN3O/c1-2-6-5-9(14)13-8(11-6)4-3-7(10)12-13/h3-5H,2H2,1H3. The number of halogens is 1. The second-order valence-corrected chi connectivity index (χ2v) is 3.25. The van der Waals surface area contributed by atoms with Gasteiger partial charge in [-0.2, -0.15) is 9.61 Å². The van der Waals surface area contributed by atoms with E-state index in [-0.39, 0.29) is 10.7 Å². The second-order valence-electron chi connectivity index (χ2n) is 2.87. The van der Waals surface area contributed by atoms with Crippen molar-refractivity contribution in [3.05, 3.63) is 39.4 Å². The van der Waals surface area contributed by atoms with Gasteiger partial charge in [0.15, 0.2) is 5.65 Å². The highest BCUT2D eigenvalue weighted by Gasteiger charge is 2.01. The van der Waals surface area contributed by atoms with Crippen molar-refractivity contribution in [2.75, 3.05) is 0 Å². The molecule has 0 atom stereocenters. The van der Waals surface area contributed by atoms with Crippen LogP contribution in [0.3, 0.4) is 0 Å². The molecule has 2 heterocycles. The number of rotatable bonds is 1. The van der Waals surface area contributed by atoms with Crippen molar-refractivity contribution in [2.24, 2.45) is 0 Å². The van der Waals surface area contributed by atoms with Crippen LogP contribution in [0.5, 0.6) is 0 Å². The zero-order valence-electron chi connectivity index (χ0n) is 7.57. The van der Waals surface area contributed by atoms with Crippen LogP contribution in [0.15, 0.2) is 23.0 Å². The van der Waals surface area contributed by atoms with Crippen LogP contribution in [-0.4, -0.2) is 14.6 Å². The Balaban J connectivity index is 2.83. The fraction of sp³-hybridized carbons (Fsp3) is 0.222. The number of hydrogen-bond donors (Lipinski definition) is 0. The molecule has 4 nitrogen and oxygen atoms in total. The molecule has 0 spiro atoms. The quantitative estimate of drug-likeness (QED) is 0.712. The molecule has 0 aliphatic heterocycles. The van der Waals surface area contributed by atoms with E-state index in [0.29, 0.717) is 5.65 Å². The summed E-state index contributed by atoms with van der Waals surface area (Å²) in [6.07, 6.45) is 0.731. The van der Waals surface area contributed by atoms with E-state index in [2.05, 4.69) is 10.1 Å². The molecule has 0 aromatic carbocycles. The lowest BCUT2D eigenvalue weighted by Gasteiger charge is -2.00. The molecule has 0 unspecified atom stereocenters. The lowest BCUT2D eigenvalue weighted by Crippen LogP contribution is -2.17. The van der Waals surface area contributed by atoms with Crippen molar-refractivity contribution in [2.45, 2.75) is 13.3 Å². The minimum Gasteiger partial charge on any atom is -0.267 e. The maximum absolute atomic E-state index is 11.5. The van der Waals surface area contributed by atoms with Gasteiger partial charge in [0, 0.05) is 11.8 Å². The fourth-order valence-corrected chi connectivity index (χ4v) is 1.34. The van der Waals surface area contributed by atoms with E-state index < -0.39 is 0 Å². The van der Waals surface area contributed by atoms with E-state index >= 15 is 0 Å². The molecule has 2 aromatic rings. The minimum absolute atomic E-state index is 0.200.